The number of nitrogens with one attached hydrogen (secondary N) is 1. The predicted molar refractivity (Wildman–Crippen MR) is 56.1 cm³/mol. The molecule has 1 fully saturated rings. The largest absolute Gasteiger partial charge is 0.368 e. The van der Waals surface area contributed by atoms with Gasteiger partial charge in [0.2, 0.25) is 0 Å². The lowest BCUT2D eigenvalue weighted by Crippen LogP contribution is -2.28. The Labute approximate surface area is 83.7 Å². The smallest absolute Gasteiger partial charge is 0.146 e. The van der Waals surface area contributed by atoms with E-state index in [1.807, 2.05) is 12.1 Å². The van der Waals surface area contributed by atoms with Crippen molar-refractivity contribution in [1.29, 1.82) is 0 Å². The summed E-state index contributed by atoms with van der Waals surface area (Å²) in [5.74, 6) is -0.116. The van der Waals surface area contributed by atoms with Gasteiger partial charge in [-0.15, -0.1) is 0 Å². The van der Waals surface area contributed by atoms with E-state index in [-0.39, 0.29) is 5.82 Å². The molecule has 3 heteroatoms. The maximum atomic E-state index is 13.4. The molecule has 14 heavy (non-hydrogen) atoms. The monoisotopic (exact) mass is 194 g/mol. The van der Waals surface area contributed by atoms with Gasteiger partial charge in [-0.05, 0) is 25.1 Å². The molecule has 0 saturated carbocycles. The highest BCUT2D eigenvalue weighted by molar-refractivity contribution is 5.47. The van der Waals surface area contributed by atoms with Crippen molar-refractivity contribution >= 4 is 5.69 Å². The summed E-state index contributed by atoms with van der Waals surface area (Å²) in [6.07, 6.45) is 1.08. The number of anilines is 1. The van der Waals surface area contributed by atoms with Crippen molar-refractivity contribution in [2.45, 2.75) is 6.42 Å². The summed E-state index contributed by atoms with van der Waals surface area (Å²) in [5.41, 5.74) is 0.733. The molecule has 76 valence electrons. The van der Waals surface area contributed by atoms with Crippen LogP contribution in [0.4, 0.5) is 10.1 Å². The molecule has 1 aromatic carbocycles. The van der Waals surface area contributed by atoms with Crippen LogP contribution in [-0.4, -0.2) is 26.2 Å². The molecule has 1 aromatic rings. The normalized spacial score (nSPS) is 17.9. The standard InChI is InChI=1S/C11H15FN2/c12-10-4-1-2-5-11(10)14-8-3-6-13-7-9-14/h1-2,4-5,13H,3,6-9H2. The summed E-state index contributed by atoms with van der Waals surface area (Å²) in [6, 6.07) is 6.99. The Morgan fingerprint density at radius 1 is 1.14 bits per heavy atom. The fraction of sp³-hybridized carbons (Fsp3) is 0.455. The minimum Gasteiger partial charge on any atom is -0.368 e. The fourth-order valence-corrected chi connectivity index (χ4v) is 1.79. The third-order valence-corrected chi connectivity index (χ3v) is 2.53. The van der Waals surface area contributed by atoms with Gasteiger partial charge in [0.25, 0.3) is 0 Å². The maximum absolute atomic E-state index is 13.4. The molecular formula is C11H15FN2. The number of nitrogens with zero attached hydrogens (tertiary/aromatic N) is 1. The zero-order chi connectivity index (χ0) is 9.80. The van der Waals surface area contributed by atoms with E-state index in [1.165, 1.54) is 6.07 Å². The van der Waals surface area contributed by atoms with E-state index < -0.39 is 0 Å². The highest BCUT2D eigenvalue weighted by Gasteiger charge is 2.12. The van der Waals surface area contributed by atoms with Gasteiger partial charge >= 0.3 is 0 Å². The average molecular weight is 194 g/mol. The number of para-hydroxylation sites is 1. The molecular weight excluding hydrogens is 179 g/mol. The quantitative estimate of drug-likeness (QED) is 0.731. The van der Waals surface area contributed by atoms with Gasteiger partial charge in [0.1, 0.15) is 5.82 Å². The van der Waals surface area contributed by atoms with Gasteiger partial charge in [-0.3, -0.25) is 0 Å². The minimum absolute atomic E-state index is 0.116. The van der Waals surface area contributed by atoms with Gasteiger partial charge in [-0.1, -0.05) is 12.1 Å². The minimum atomic E-state index is -0.116. The molecule has 0 atom stereocenters. The van der Waals surface area contributed by atoms with E-state index in [4.69, 9.17) is 0 Å². The topological polar surface area (TPSA) is 15.3 Å². The maximum Gasteiger partial charge on any atom is 0.146 e. The van der Waals surface area contributed by atoms with Gasteiger partial charge in [-0.2, -0.15) is 0 Å². The first kappa shape index (κ1) is 9.46. The second kappa shape index (κ2) is 4.42. The second-order valence-corrected chi connectivity index (χ2v) is 3.54. The number of halogens is 1. The van der Waals surface area contributed by atoms with Crippen LogP contribution in [0, 0.1) is 5.82 Å². The van der Waals surface area contributed by atoms with Crippen molar-refractivity contribution in [3.8, 4) is 0 Å². The molecule has 2 nitrogen and oxygen atoms in total. The molecule has 1 aliphatic heterocycles. The van der Waals surface area contributed by atoms with E-state index in [0.29, 0.717) is 0 Å². The zero-order valence-electron chi connectivity index (χ0n) is 8.17. The van der Waals surface area contributed by atoms with Crippen LogP contribution < -0.4 is 10.2 Å². The van der Waals surface area contributed by atoms with Crippen LogP contribution in [0.2, 0.25) is 0 Å². The predicted octanol–water partition coefficient (Wildman–Crippen LogP) is 1.63. The molecule has 0 radical (unpaired) electrons. The van der Waals surface area contributed by atoms with Crippen molar-refractivity contribution in [3.63, 3.8) is 0 Å². The third-order valence-electron chi connectivity index (χ3n) is 2.53. The van der Waals surface area contributed by atoms with Crippen LogP contribution in [0.25, 0.3) is 0 Å². The van der Waals surface area contributed by atoms with Crippen LogP contribution in [0.5, 0.6) is 0 Å². The summed E-state index contributed by atoms with van der Waals surface area (Å²) in [5, 5.41) is 3.30. The average Bonchev–Trinajstić information content (AvgIpc) is 2.47. The van der Waals surface area contributed by atoms with Crippen molar-refractivity contribution in [1.82, 2.24) is 5.32 Å². The lowest BCUT2D eigenvalue weighted by Gasteiger charge is -2.22. The molecule has 0 spiro atoms. The summed E-state index contributed by atoms with van der Waals surface area (Å²) in [6.45, 7) is 3.80. The lowest BCUT2D eigenvalue weighted by atomic mass is 10.2. The molecule has 0 amide bonds. The van der Waals surface area contributed by atoms with Gasteiger partial charge < -0.3 is 10.2 Å². The summed E-state index contributed by atoms with van der Waals surface area (Å²) in [7, 11) is 0. The zero-order valence-corrected chi connectivity index (χ0v) is 8.17. The van der Waals surface area contributed by atoms with E-state index in [0.717, 1.165) is 38.3 Å². The van der Waals surface area contributed by atoms with Crippen LogP contribution in [-0.2, 0) is 0 Å². The second-order valence-electron chi connectivity index (χ2n) is 3.54. The molecule has 1 aliphatic rings. The first-order valence-electron chi connectivity index (χ1n) is 5.08. The molecule has 0 unspecified atom stereocenters. The van der Waals surface area contributed by atoms with Crippen LogP contribution in [0.3, 0.4) is 0 Å². The van der Waals surface area contributed by atoms with Gasteiger partial charge in [0.15, 0.2) is 0 Å². The van der Waals surface area contributed by atoms with Crippen LogP contribution >= 0.6 is 0 Å². The number of rotatable bonds is 1. The number of hydrogen-bond acceptors (Lipinski definition) is 2. The van der Waals surface area contributed by atoms with Crippen molar-refractivity contribution in [2.24, 2.45) is 0 Å². The van der Waals surface area contributed by atoms with Crippen molar-refractivity contribution in [2.75, 3.05) is 31.1 Å². The molecule has 1 saturated heterocycles. The molecule has 0 aliphatic carbocycles. The van der Waals surface area contributed by atoms with Crippen LogP contribution in [0.15, 0.2) is 24.3 Å². The van der Waals surface area contributed by atoms with E-state index in [2.05, 4.69) is 10.2 Å². The SMILES string of the molecule is Fc1ccccc1N1CCCNCC1. The fourth-order valence-electron chi connectivity index (χ4n) is 1.79. The molecule has 1 N–H and O–H groups in total. The summed E-state index contributed by atoms with van der Waals surface area (Å²) < 4.78 is 13.4. The summed E-state index contributed by atoms with van der Waals surface area (Å²) >= 11 is 0. The van der Waals surface area contributed by atoms with Gasteiger partial charge in [0, 0.05) is 19.6 Å². The molecule has 0 bridgehead atoms. The van der Waals surface area contributed by atoms with Crippen molar-refractivity contribution in [3.05, 3.63) is 30.1 Å². The number of hydrogen-bond donors (Lipinski definition) is 1. The lowest BCUT2D eigenvalue weighted by molar-refractivity contribution is 0.618. The highest BCUT2D eigenvalue weighted by Crippen LogP contribution is 2.18. The van der Waals surface area contributed by atoms with Gasteiger partial charge in [-0.25, -0.2) is 4.39 Å². The van der Waals surface area contributed by atoms with Crippen LogP contribution in [0.1, 0.15) is 6.42 Å². The number of benzene rings is 1. The first-order valence-corrected chi connectivity index (χ1v) is 5.08. The van der Waals surface area contributed by atoms with E-state index >= 15 is 0 Å². The van der Waals surface area contributed by atoms with Gasteiger partial charge in [0.05, 0.1) is 5.69 Å². The Morgan fingerprint density at radius 3 is 2.86 bits per heavy atom. The Bertz CT molecular complexity index is 293. The Balaban J connectivity index is 2.16. The summed E-state index contributed by atoms with van der Waals surface area (Å²) in [4.78, 5) is 2.11. The first-order chi connectivity index (χ1) is 6.88. The Morgan fingerprint density at radius 2 is 2.00 bits per heavy atom. The molecule has 1 heterocycles. The molecule has 0 aromatic heterocycles. The Kier molecular flexibility index (Phi) is 2.99. The highest BCUT2D eigenvalue weighted by atomic mass is 19.1. The Hall–Kier alpha value is -1.09. The molecule has 2 rings (SSSR count). The van der Waals surface area contributed by atoms with E-state index in [9.17, 15) is 4.39 Å². The van der Waals surface area contributed by atoms with E-state index in [1.54, 1.807) is 6.07 Å². The third kappa shape index (κ3) is 2.04. The van der Waals surface area contributed by atoms with Crippen molar-refractivity contribution < 1.29 is 4.39 Å².